The monoisotopic (exact) mass is 365 g/mol. The molecule has 0 amide bonds. The quantitative estimate of drug-likeness (QED) is 0.699. The van der Waals surface area contributed by atoms with E-state index >= 15 is 0 Å². The van der Waals surface area contributed by atoms with Crippen LogP contribution in [0.25, 0.3) is 11.3 Å². The van der Waals surface area contributed by atoms with Gasteiger partial charge in [0.1, 0.15) is 0 Å². The molecule has 1 aliphatic heterocycles. The highest BCUT2D eigenvalue weighted by molar-refractivity contribution is 9.10. The van der Waals surface area contributed by atoms with Gasteiger partial charge in [0.25, 0.3) is 0 Å². The Labute approximate surface area is 138 Å². The standard InChI is InChI=1S/C17H20BrNOS/c1-2-3-15-10-13(8-9-20-15)17-19-16(11-21-17)12-4-6-14(18)7-5-12/h4-7,11,13,15H,2-3,8-10H2,1H3/t13-,15-/m1/s1. The van der Waals surface area contributed by atoms with E-state index in [0.717, 1.165) is 29.6 Å². The van der Waals surface area contributed by atoms with Crippen LogP contribution >= 0.6 is 27.3 Å². The molecule has 0 spiro atoms. The molecular formula is C17H20BrNOS. The van der Waals surface area contributed by atoms with Crippen LogP contribution in [0.3, 0.4) is 0 Å². The molecule has 0 unspecified atom stereocenters. The summed E-state index contributed by atoms with van der Waals surface area (Å²) in [5.41, 5.74) is 2.29. The largest absolute Gasteiger partial charge is 0.378 e. The number of thiazole rings is 1. The van der Waals surface area contributed by atoms with Gasteiger partial charge in [0, 0.05) is 27.9 Å². The Morgan fingerprint density at radius 1 is 1.33 bits per heavy atom. The second-order valence-corrected chi connectivity index (χ2v) is 7.39. The van der Waals surface area contributed by atoms with Crippen molar-refractivity contribution >= 4 is 27.3 Å². The van der Waals surface area contributed by atoms with E-state index in [-0.39, 0.29) is 0 Å². The van der Waals surface area contributed by atoms with Crippen LogP contribution in [0, 0.1) is 0 Å². The van der Waals surface area contributed by atoms with Gasteiger partial charge in [-0.15, -0.1) is 11.3 Å². The van der Waals surface area contributed by atoms with Crippen LogP contribution in [0.5, 0.6) is 0 Å². The van der Waals surface area contributed by atoms with Crippen LogP contribution in [0.4, 0.5) is 0 Å². The smallest absolute Gasteiger partial charge is 0.0965 e. The Bertz CT molecular complexity index is 579. The summed E-state index contributed by atoms with van der Waals surface area (Å²) in [7, 11) is 0. The average Bonchev–Trinajstić information content (AvgIpc) is 2.98. The summed E-state index contributed by atoms with van der Waals surface area (Å²) < 4.78 is 6.95. The Morgan fingerprint density at radius 2 is 2.14 bits per heavy atom. The highest BCUT2D eigenvalue weighted by Crippen LogP contribution is 2.35. The van der Waals surface area contributed by atoms with Crippen LogP contribution in [-0.4, -0.2) is 17.7 Å². The second kappa shape index (κ2) is 7.03. The summed E-state index contributed by atoms with van der Waals surface area (Å²) in [6, 6.07) is 8.37. The zero-order chi connectivity index (χ0) is 14.7. The summed E-state index contributed by atoms with van der Waals surface area (Å²) >= 11 is 5.27. The number of halogens is 1. The number of ether oxygens (including phenoxy) is 1. The molecule has 21 heavy (non-hydrogen) atoms. The van der Waals surface area contributed by atoms with Gasteiger partial charge in [-0.3, -0.25) is 0 Å². The number of rotatable bonds is 4. The molecule has 2 heterocycles. The van der Waals surface area contributed by atoms with E-state index in [1.165, 1.54) is 23.4 Å². The lowest BCUT2D eigenvalue weighted by molar-refractivity contribution is 0.00161. The van der Waals surface area contributed by atoms with Gasteiger partial charge in [-0.05, 0) is 31.4 Å². The lowest BCUT2D eigenvalue weighted by atomic mass is 9.94. The lowest BCUT2D eigenvalue weighted by Crippen LogP contribution is -2.24. The van der Waals surface area contributed by atoms with Gasteiger partial charge in [0.15, 0.2) is 0 Å². The van der Waals surface area contributed by atoms with Crippen molar-refractivity contribution in [1.82, 2.24) is 4.98 Å². The third kappa shape index (κ3) is 3.74. The Hall–Kier alpha value is -0.710. The average molecular weight is 366 g/mol. The van der Waals surface area contributed by atoms with E-state index in [4.69, 9.17) is 9.72 Å². The van der Waals surface area contributed by atoms with E-state index in [1.807, 2.05) is 0 Å². The van der Waals surface area contributed by atoms with Gasteiger partial charge >= 0.3 is 0 Å². The summed E-state index contributed by atoms with van der Waals surface area (Å²) in [5, 5.41) is 3.46. The minimum absolute atomic E-state index is 0.425. The first-order chi connectivity index (χ1) is 10.3. The number of hydrogen-bond acceptors (Lipinski definition) is 3. The van der Waals surface area contributed by atoms with Crippen molar-refractivity contribution in [3.8, 4) is 11.3 Å². The summed E-state index contributed by atoms with van der Waals surface area (Å²) in [6.45, 7) is 3.10. The van der Waals surface area contributed by atoms with Gasteiger partial charge in [0.2, 0.25) is 0 Å². The molecule has 0 aliphatic carbocycles. The molecule has 1 saturated heterocycles. The SMILES string of the molecule is CCC[C@@H]1C[C@H](c2nc(-c3ccc(Br)cc3)cs2)CCO1. The summed E-state index contributed by atoms with van der Waals surface area (Å²) in [6.07, 6.45) is 5.02. The molecule has 3 rings (SSSR count). The molecule has 0 saturated carbocycles. The third-order valence-corrected chi connectivity index (χ3v) is 5.52. The molecule has 1 fully saturated rings. The van der Waals surface area contributed by atoms with Crippen LogP contribution in [0.2, 0.25) is 0 Å². The first-order valence-electron chi connectivity index (χ1n) is 7.59. The molecule has 0 radical (unpaired) electrons. The molecule has 0 N–H and O–H groups in total. The summed E-state index contributed by atoms with van der Waals surface area (Å²) in [4.78, 5) is 4.88. The predicted molar refractivity (Wildman–Crippen MR) is 91.9 cm³/mol. The predicted octanol–water partition coefficient (Wildman–Crippen LogP) is 5.64. The molecular weight excluding hydrogens is 346 g/mol. The van der Waals surface area contributed by atoms with E-state index in [2.05, 4.69) is 52.5 Å². The molecule has 4 heteroatoms. The fourth-order valence-corrected chi connectivity index (χ4v) is 4.10. The molecule has 112 valence electrons. The Balaban J connectivity index is 1.73. The number of benzene rings is 1. The van der Waals surface area contributed by atoms with Crippen molar-refractivity contribution in [2.45, 2.75) is 44.6 Å². The minimum Gasteiger partial charge on any atom is -0.378 e. The number of hydrogen-bond donors (Lipinski definition) is 0. The Morgan fingerprint density at radius 3 is 2.90 bits per heavy atom. The maximum atomic E-state index is 5.85. The highest BCUT2D eigenvalue weighted by Gasteiger charge is 2.25. The fourth-order valence-electron chi connectivity index (χ4n) is 2.86. The molecule has 1 aliphatic rings. The first-order valence-corrected chi connectivity index (χ1v) is 9.26. The van der Waals surface area contributed by atoms with Gasteiger partial charge in [-0.1, -0.05) is 41.4 Å². The van der Waals surface area contributed by atoms with Crippen molar-refractivity contribution in [2.24, 2.45) is 0 Å². The maximum absolute atomic E-state index is 5.85. The normalized spacial score (nSPS) is 22.4. The van der Waals surface area contributed by atoms with E-state index in [1.54, 1.807) is 11.3 Å². The van der Waals surface area contributed by atoms with Crippen LogP contribution < -0.4 is 0 Å². The van der Waals surface area contributed by atoms with Crippen molar-refractivity contribution in [3.63, 3.8) is 0 Å². The number of nitrogens with zero attached hydrogens (tertiary/aromatic N) is 1. The van der Waals surface area contributed by atoms with Gasteiger partial charge in [-0.25, -0.2) is 4.98 Å². The molecule has 2 aromatic rings. The Kier molecular flexibility index (Phi) is 5.09. The fraction of sp³-hybridized carbons (Fsp3) is 0.471. The molecule has 0 bridgehead atoms. The van der Waals surface area contributed by atoms with Gasteiger partial charge in [-0.2, -0.15) is 0 Å². The zero-order valence-corrected chi connectivity index (χ0v) is 14.6. The van der Waals surface area contributed by atoms with Crippen molar-refractivity contribution < 1.29 is 4.74 Å². The van der Waals surface area contributed by atoms with Crippen molar-refractivity contribution in [1.29, 1.82) is 0 Å². The first kappa shape index (κ1) is 15.2. The van der Waals surface area contributed by atoms with E-state index in [0.29, 0.717) is 12.0 Å². The van der Waals surface area contributed by atoms with E-state index < -0.39 is 0 Å². The van der Waals surface area contributed by atoms with Crippen molar-refractivity contribution in [3.05, 3.63) is 39.1 Å². The van der Waals surface area contributed by atoms with Gasteiger partial charge in [0.05, 0.1) is 16.8 Å². The van der Waals surface area contributed by atoms with E-state index in [9.17, 15) is 0 Å². The molecule has 1 aromatic carbocycles. The maximum Gasteiger partial charge on any atom is 0.0965 e. The van der Waals surface area contributed by atoms with Crippen LogP contribution in [0.15, 0.2) is 34.1 Å². The van der Waals surface area contributed by atoms with Crippen LogP contribution in [-0.2, 0) is 4.74 Å². The lowest BCUT2D eigenvalue weighted by Gasteiger charge is -2.28. The second-order valence-electron chi connectivity index (χ2n) is 5.58. The van der Waals surface area contributed by atoms with Crippen LogP contribution in [0.1, 0.15) is 43.5 Å². The molecule has 2 nitrogen and oxygen atoms in total. The molecule has 2 atom stereocenters. The van der Waals surface area contributed by atoms with Crippen molar-refractivity contribution in [2.75, 3.05) is 6.61 Å². The van der Waals surface area contributed by atoms with Gasteiger partial charge < -0.3 is 4.74 Å². The summed E-state index contributed by atoms with van der Waals surface area (Å²) in [5.74, 6) is 0.574. The topological polar surface area (TPSA) is 22.1 Å². The minimum atomic E-state index is 0.425. The highest BCUT2D eigenvalue weighted by atomic mass is 79.9. The third-order valence-electron chi connectivity index (χ3n) is 3.99. The zero-order valence-electron chi connectivity index (χ0n) is 12.2. The number of aromatic nitrogens is 1. The molecule has 1 aromatic heterocycles.